The molecule has 0 radical (unpaired) electrons. The second-order valence-corrected chi connectivity index (χ2v) is 8.56. The lowest BCUT2D eigenvalue weighted by Gasteiger charge is -2.13. The van der Waals surface area contributed by atoms with Crippen LogP contribution in [-0.4, -0.2) is 18.4 Å². The molecule has 11 heteroatoms. The number of rotatable bonds is 4. The van der Waals surface area contributed by atoms with Crippen molar-refractivity contribution in [3.8, 4) is 11.1 Å². The van der Waals surface area contributed by atoms with Gasteiger partial charge in [-0.05, 0) is 48.0 Å². The molecule has 0 aliphatic carbocycles. The number of fused-ring (bicyclic) bond motifs is 1. The fourth-order valence-electron chi connectivity index (χ4n) is 2.95. The molecule has 4 rings (SSSR count). The molecule has 0 atom stereocenters. The first-order chi connectivity index (χ1) is 14.7. The van der Waals surface area contributed by atoms with Crippen LogP contribution in [0.4, 0.5) is 24.8 Å². The molecule has 0 aliphatic rings. The van der Waals surface area contributed by atoms with Crippen molar-refractivity contribution in [2.45, 2.75) is 4.90 Å². The minimum absolute atomic E-state index is 0.0488. The molecule has 6 nitrogen and oxygen atoms in total. The lowest BCUT2D eigenvalue weighted by molar-refractivity contribution is 0.586. The summed E-state index contributed by atoms with van der Waals surface area (Å²) < 4.78 is 70.4. The van der Waals surface area contributed by atoms with Gasteiger partial charge in [-0.15, -0.1) is 0 Å². The van der Waals surface area contributed by atoms with E-state index in [9.17, 15) is 17.2 Å². The smallest absolute Gasteiger partial charge is 0.262 e. The van der Waals surface area contributed by atoms with Crippen molar-refractivity contribution in [2.24, 2.45) is 0 Å². The molecule has 31 heavy (non-hydrogen) atoms. The van der Waals surface area contributed by atoms with Crippen molar-refractivity contribution in [1.29, 1.82) is 0 Å². The third-order valence-corrected chi connectivity index (χ3v) is 6.09. The van der Waals surface area contributed by atoms with Crippen molar-refractivity contribution in [3.63, 3.8) is 0 Å². The zero-order valence-corrected chi connectivity index (χ0v) is 17.0. The molecule has 4 aromatic rings. The van der Waals surface area contributed by atoms with E-state index in [0.29, 0.717) is 17.0 Å². The maximum Gasteiger partial charge on any atom is 0.262 e. The van der Waals surface area contributed by atoms with Gasteiger partial charge in [-0.1, -0.05) is 17.7 Å². The van der Waals surface area contributed by atoms with Crippen molar-refractivity contribution >= 4 is 44.2 Å². The summed E-state index contributed by atoms with van der Waals surface area (Å²) in [6.07, 6.45) is 1.40. The average Bonchev–Trinajstić information content (AvgIpc) is 2.72. The number of anilines is 2. The van der Waals surface area contributed by atoms with Gasteiger partial charge in [0.25, 0.3) is 10.0 Å². The van der Waals surface area contributed by atoms with Crippen molar-refractivity contribution in [3.05, 3.63) is 77.2 Å². The predicted molar refractivity (Wildman–Crippen MR) is 112 cm³/mol. The highest BCUT2D eigenvalue weighted by Gasteiger charge is 2.22. The van der Waals surface area contributed by atoms with Gasteiger partial charge in [0, 0.05) is 11.6 Å². The number of aromatic nitrogens is 2. The summed E-state index contributed by atoms with van der Waals surface area (Å²) in [5.41, 5.74) is 5.16. The molecule has 0 spiro atoms. The highest BCUT2D eigenvalue weighted by Crippen LogP contribution is 2.33. The Morgan fingerprint density at radius 1 is 0.968 bits per heavy atom. The van der Waals surface area contributed by atoms with E-state index < -0.39 is 43.6 Å². The van der Waals surface area contributed by atoms with Gasteiger partial charge >= 0.3 is 0 Å². The van der Waals surface area contributed by atoms with Crippen LogP contribution in [0.2, 0.25) is 5.02 Å². The van der Waals surface area contributed by atoms with Gasteiger partial charge in [0.1, 0.15) is 11.6 Å². The van der Waals surface area contributed by atoms with Crippen molar-refractivity contribution in [1.82, 2.24) is 9.97 Å². The Bertz CT molecular complexity index is 1450. The summed E-state index contributed by atoms with van der Waals surface area (Å²) in [6, 6.07) is 9.04. The molecule has 1 aromatic heterocycles. The topological polar surface area (TPSA) is 98.0 Å². The molecule has 3 N–H and O–H groups in total. The summed E-state index contributed by atoms with van der Waals surface area (Å²) >= 11 is 5.56. The average molecular weight is 465 g/mol. The number of nitrogens with one attached hydrogen (secondary N) is 1. The van der Waals surface area contributed by atoms with Gasteiger partial charge in [0.05, 0.1) is 26.7 Å². The molecule has 0 aliphatic heterocycles. The zero-order chi connectivity index (χ0) is 22.3. The standard InChI is InChI=1S/C20H12ClF3N4O2S/c21-13-3-2-12(8-15(13)23)31(29,30)28-17-6-4-14(22)18(19(17)24)10-1-5-16-11(7-10)9-26-20(25)27-16/h1-9,28H,(H2,25,26,27). The van der Waals surface area contributed by atoms with Crippen LogP contribution in [0.15, 0.2) is 59.6 Å². The number of benzene rings is 3. The largest absolute Gasteiger partial charge is 0.368 e. The molecule has 158 valence electrons. The van der Waals surface area contributed by atoms with E-state index in [1.165, 1.54) is 24.4 Å². The van der Waals surface area contributed by atoms with Gasteiger partial charge in [0.2, 0.25) is 5.95 Å². The minimum Gasteiger partial charge on any atom is -0.368 e. The quantitative estimate of drug-likeness (QED) is 0.454. The first-order valence-electron chi connectivity index (χ1n) is 8.64. The molecule has 0 saturated heterocycles. The number of nitrogens with two attached hydrogens (primary N) is 1. The highest BCUT2D eigenvalue weighted by atomic mass is 35.5. The fourth-order valence-corrected chi connectivity index (χ4v) is 4.14. The lowest BCUT2D eigenvalue weighted by atomic mass is 10.0. The van der Waals surface area contributed by atoms with E-state index in [1.807, 2.05) is 4.72 Å². The number of hydrogen-bond donors (Lipinski definition) is 2. The highest BCUT2D eigenvalue weighted by molar-refractivity contribution is 7.92. The Balaban J connectivity index is 1.77. The first kappa shape index (κ1) is 20.9. The molecule has 0 bridgehead atoms. The Morgan fingerprint density at radius 2 is 1.74 bits per heavy atom. The normalized spacial score (nSPS) is 11.6. The zero-order valence-electron chi connectivity index (χ0n) is 15.4. The second-order valence-electron chi connectivity index (χ2n) is 6.47. The van der Waals surface area contributed by atoms with Crippen LogP contribution in [-0.2, 0) is 10.0 Å². The Morgan fingerprint density at radius 3 is 2.48 bits per heavy atom. The maximum absolute atomic E-state index is 15.2. The molecule has 0 amide bonds. The number of sulfonamides is 1. The van der Waals surface area contributed by atoms with Crippen LogP contribution in [0.1, 0.15) is 0 Å². The van der Waals surface area contributed by atoms with E-state index in [4.69, 9.17) is 17.3 Å². The van der Waals surface area contributed by atoms with Gasteiger partial charge in [-0.2, -0.15) is 0 Å². The van der Waals surface area contributed by atoms with Crippen LogP contribution in [0, 0.1) is 17.5 Å². The van der Waals surface area contributed by atoms with Gasteiger partial charge in [0.15, 0.2) is 5.82 Å². The van der Waals surface area contributed by atoms with E-state index >= 15 is 4.39 Å². The SMILES string of the molecule is Nc1ncc2cc(-c3c(F)ccc(NS(=O)(=O)c4ccc(Cl)c(F)c4)c3F)ccc2n1. The summed E-state index contributed by atoms with van der Waals surface area (Å²) in [5, 5.41) is 0.212. The van der Waals surface area contributed by atoms with Crippen LogP contribution in [0.25, 0.3) is 22.0 Å². The predicted octanol–water partition coefficient (Wildman–Crippen LogP) is 4.75. The summed E-state index contributed by atoms with van der Waals surface area (Å²) in [6.45, 7) is 0. The Hall–Kier alpha value is -3.37. The number of nitrogens with zero attached hydrogens (tertiary/aromatic N) is 2. The molecule has 1 heterocycles. The number of nitrogen functional groups attached to an aromatic ring is 1. The van der Waals surface area contributed by atoms with Crippen LogP contribution in [0.3, 0.4) is 0 Å². The van der Waals surface area contributed by atoms with E-state index in [1.54, 1.807) is 0 Å². The second kappa shape index (κ2) is 7.71. The van der Waals surface area contributed by atoms with Crippen LogP contribution in [0.5, 0.6) is 0 Å². The lowest BCUT2D eigenvalue weighted by Crippen LogP contribution is -2.15. The molecule has 3 aromatic carbocycles. The Kier molecular flexibility index (Phi) is 5.19. The number of hydrogen-bond acceptors (Lipinski definition) is 5. The van der Waals surface area contributed by atoms with E-state index in [-0.39, 0.29) is 16.5 Å². The van der Waals surface area contributed by atoms with Gasteiger partial charge in [-0.3, -0.25) is 4.72 Å². The maximum atomic E-state index is 15.2. The summed E-state index contributed by atoms with van der Waals surface area (Å²) in [5.74, 6) is -2.96. The third-order valence-electron chi connectivity index (χ3n) is 4.42. The van der Waals surface area contributed by atoms with Crippen molar-refractivity contribution in [2.75, 3.05) is 10.5 Å². The molecule has 0 saturated carbocycles. The molecular formula is C20H12ClF3N4O2S. The van der Waals surface area contributed by atoms with Gasteiger partial charge in [-0.25, -0.2) is 31.6 Å². The summed E-state index contributed by atoms with van der Waals surface area (Å²) in [7, 11) is -4.37. The van der Waals surface area contributed by atoms with E-state index in [0.717, 1.165) is 24.3 Å². The summed E-state index contributed by atoms with van der Waals surface area (Å²) in [4.78, 5) is 7.39. The van der Waals surface area contributed by atoms with Crippen molar-refractivity contribution < 1.29 is 21.6 Å². The Labute approximate surface area is 179 Å². The third kappa shape index (κ3) is 3.99. The van der Waals surface area contributed by atoms with E-state index in [2.05, 4.69) is 9.97 Å². The molecule has 0 unspecified atom stereocenters. The monoisotopic (exact) mass is 464 g/mol. The molecule has 0 fully saturated rings. The number of halogens is 4. The van der Waals surface area contributed by atoms with Crippen LogP contribution >= 0.6 is 11.6 Å². The van der Waals surface area contributed by atoms with Gasteiger partial charge < -0.3 is 5.73 Å². The molecular weight excluding hydrogens is 453 g/mol. The fraction of sp³-hybridized carbons (Fsp3) is 0. The first-order valence-corrected chi connectivity index (χ1v) is 10.5. The van der Waals surface area contributed by atoms with Crippen LogP contribution < -0.4 is 10.5 Å². The minimum atomic E-state index is -4.37.